The highest BCUT2D eigenvalue weighted by atomic mass is 35.5. The van der Waals surface area contributed by atoms with Crippen molar-refractivity contribution in [2.24, 2.45) is 11.8 Å². The second-order valence-electron chi connectivity index (χ2n) is 4.38. The van der Waals surface area contributed by atoms with Gasteiger partial charge in [0.05, 0.1) is 0 Å². The fraction of sp³-hybridized carbons (Fsp3) is 0.727. The highest BCUT2D eigenvalue weighted by Crippen LogP contribution is 2.30. The van der Waals surface area contributed by atoms with Crippen molar-refractivity contribution in [3.8, 4) is 0 Å². The number of hydrogen-bond donors (Lipinski definition) is 1. The number of anilines is 1. The first-order valence-corrected chi connectivity index (χ1v) is 6.86. The fourth-order valence-corrected chi connectivity index (χ4v) is 3.10. The normalized spacial score (nSPS) is 26.5. The van der Waals surface area contributed by atoms with Gasteiger partial charge in [-0.2, -0.15) is 0 Å². The molecule has 15 heavy (non-hydrogen) atoms. The number of thiazole rings is 1. The summed E-state index contributed by atoms with van der Waals surface area (Å²) in [7, 11) is 0. The van der Waals surface area contributed by atoms with E-state index in [1.807, 2.05) is 5.38 Å². The van der Waals surface area contributed by atoms with Crippen LogP contribution in [-0.4, -0.2) is 11.5 Å². The standard InChI is InChI=1S/C11H17ClN2S/c1-8-4-2-3-5-9(8)6-13-11-14-10(12)7-15-11/h7-9H,2-6H2,1H3,(H,13,14). The molecule has 1 aromatic rings. The molecule has 0 amide bonds. The number of nitrogens with zero attached hydrogens (tertiary/aromatic N) is 1. The molecule has 1 saturated carbocycles. The molecular weight excluding hydrogens is 228 g/mol. The lowest BCUT2D eigenvalue weighted by atomic mass is 9.80. The maximum absolute atomic E-state index is 5.77. The largest absolute Gasteiger partial charge is 0.361 e. The van der Waals surface area contributed by atoms with Crippen LogP contribution in [0.3, 0.4) is 0 Å². The summed E-state index contributed by atoms with van der Waals surface area (Å²) in [5.74, 6) is 1.66. The van der Waals surface area contributed by atoms with Gasteiger partial charge in [0.25, 0.3) is 0 Å². The Bertz CT molecular complexity index is 313. The summed E-state index contributed by atoms with van der Waals surface area (Å²) in [4.78, 5) is 4.19. The molecule has 1 fully saturated rings. The zero-order valence-electron chi connectivity index (χ0n) is 9.00. The number of aromatic nitrogens is 1. The third-order valence-electron chi connectivity index (χ3n) is 3.28. The van der Waals surface area contributed by atoms with Gasteiger partial charge in [0.2, 0.25) is 0 Å². The molecule has 2 unspecified atom stereocenters. The van der Waals surface area contributed by atoms with Crippen molar-refractivity contribution in [3.63, 3.8) is 0 Å². The van der Waals surface area contributed by atoms with Crippen LogP contribution in [0, 0.1) is 11.8 Å². The van der Waals surface area contributed by atoms with E-state index in [2.05, 4.69) is 17.2 Å². The molecule has 0 aliphatic heterocycles. The predicted octanol–water partition coefficient (Wildman–Crippen LogP) is 4.03. The maximum atomic E-state index is 5.77. The van der Waals surface area contributed by atoms with Crippen LogP contribution < -0.4 is 5.32 Å². The van der Waals surface area contributed by atoms with Crippen molar-refractivity contribution < 1.29 is 0 Å². The van der Waals surface area contributed by atoms with Crippen LogP contribution in [0.5, 0.6) is 0 Å². The Labute approximate surface area is 100 Å². The average Bonchev–Trinajstić information content (AvgIpc) is 2.63. The second kappa shape index (κ2) is 5.17. The molecule has 1 aliphatic carbocycles. The predicted molar refractivity (Wildman–Crippen MR) is 66.7 cm³/mol. The Morgan fingerprint density at radius 3 is 3.00 bits per heavy atom. The van der Waals surface area contributed by atoms with E-state index >= 15 is 0 Å². The molecule has 0 bridgehead atoms. The van der Waals surface area contributed by atoms with Crippen LogP contribution in [-0.2, 0) is 0 Å². The minimum Gasteiger partial charge on any atom is -0.361 e. The summed E-state index contributed by atoms with van der Waals surface area (Å²) in [5, 5.41) is 6.81. The van der Waals surface area contributed by atoms with E-state index in [0.717, 1.165) is 23.5 Å². The van der Waals surface area contributed by atoms with E-state index in [1.54, 1.807) is 11.3 Å². The Morgan fingerprint density at radius 1 is 1.53 bits per heavy atom. The lowest BCUT2D eigenvalue weighted by Gasteiger charge is -2.28. The summed E-state index contributed by atoms with van der Waals surface area (Å²) < 4.78 is 0. The quantitative estimate of drug-likeness (QED) is 0.868. The summed E-state index contributed by atoms with van der Waals surface area (Å²) in [6, 6.07) is 0. The highest BCUT2D eigenvalue weighted by molar-refractivity contribution is 7.14. The first kappa shape index (κ1) is 11.2. The molecule has 4 heteroatoms. The van der Waals surface area contributed by atoms with E-state index in [1.165, 1.54) is 25.7 Å². The summed E-state index contributed by atoms with van der Waals surface area (Å²) in [6.07, 6.45) is 5.52. The third kappa shape index (κ3) is 3.08. The van der Waals surface area contributed by atoms with E-state index in [-0.39, 0.29) is 0 Å². The maximum Gasteiger partial charge on any atom is 0.184 e. The van der Waals surface area contributed by atoms with E-state index in [0.29, 0.717) is 5.15 Å². The molecule has 1 N–H and O–H groups in total. The molecule has 1 heterocycles. The average molecular weight is 245 g/mol. The van der Waals surface area contributed by atoms with E-state index in [4.69, 9.17) is 11.6 Å². The molecule has 2 rings (SSSR count). The Morgan fingerprint density at radius 2 is 2.33 bits per heavy atom. The second-order valence-corrected chi connectivity index (χ2v) is 5.62. The van der Waals surface area contributed by atoms with Crippen molar-refractivity contribution in [3.05, 3.63) is 10.5 Å². The topological polar surface area (TPSA) is 24.9 Å². The molecule has 0 saturated heterocycles. The van der Waals surface area contributed by atoms with E-state index < -0.39 is 0 Å². The smallest absolute Gasteiger partial charge is 0.184 e. The number of hydrogen-bond acceptors (Lipinski definition) is 3. The van der Waals surface area contributed by atoms with Crippen molar-refractivity contribution in [2.45, 2.75) is 32.6 Å². The van der Waals surface area contributed by atoms with Gasteiger partial charge in [-0.3, -0.25) is 0 Å². The Balaban J connectivity index is 1.81. The van der Waals surface area contributed by atoms with Gasteiger partial charge >= 0.3 is 0 Å². The lowest BCUT2D eigenvalue weighted by molar-refractivity contribution is 0.268. The number of rotatable bonds is 3. The Hall–Kier alpha value is -0.280. The monoisotopic (exact) mass is 244 g/mol. The SMILES string of the molecule is CC1CCCCC1CNc1nc(Cl)cs1. The lowest BCUT2D eigenvalue weighted by Crippen LogP contribution is -2.24. The van der Waals surface area contributed by atoms with Crippen LogP contribution in [0.25, 0.3) is 0 Å². The van der Waals surface area contributed by atoms with Gasteiger partial charge in [0.15, 0.2) is 5.13 Å². The molecule has 2 nitrogen and oxygen atoms in total. The van der Waals surface area contributed by atoms with Gasteiger partial charge in [-0.25, -0.2) is 4.98 Å². The molecule has 0 aromatic carbocycles. The third-order valence-corrected chi connectivity index (χ3v) is 4.40. The molecule has 2 atom stereocenters. The van der Waals surface area contributed by atoms with Gasteiger partial charge in [-0.15, -0.1) is 11.3 Å². The fourth-order valence-electron chi connectivity index (χ4n) is 2.25. The molecule has 0 radical (unpaired) electrons. The van der Waals surface area contributed by atoms with Crippen molar-refractivity contribution in [1.82, 2.24) is 4.98 Å². The van der Waals surface area contributed by atoms with Crippen LogP contribution >= 0.6 is 22.9 Å². The molecule has 1 aliphatic rings. The van der Waals surface area contributed by atoms with Crippen molar-refractivity contribution >= 4 is 28.1 Å². The molecule has 1 aromatic heterocycles. The Kier molecular flexibility index (Phi) is 3.87. The van der Waals surface area contributed by atoms with Gasteiger partial charge in [0.1, 0.15) is 5.15 Å². The molecular formula is C11H17ClN2S. The first-order valence-electron chi connectivity index (χ1n) is 5.60. The zero-order valence-corrected chi connectivity index (χ0v) is 10.6. The van der Waals surface area contributed by atoms with Gasteiger partial charge in [-0.1, -0.05) is 37.8 Å². The number of halogens is 1. The summed E-state index contributed by atoms with van der Waals surface area (Å²) in [6.45, 7) is 3.41. The van der Waals surface area contributed by atoms with Crippen LogP contribution in [0.4, 0.5) is 5.13 Å². The van der Waals surface area contributed by atoms with Crippen molar-refractivity contribution in [2.75, 3.05) is 11.9 Å². The van der Waals surface area contributed by atoms with Gasteiger partial charge < -0.3 is 5.32 Å². The summed E-state index contributed by atoms with van der Waals surface area (Å²) in [5.41, 5.74) is 0. The number of nitrogens with one attached hydrogen (secondary N) is 1. The van der Waals surface area contributed by atoms with Crippen LogP contribution in [0.1, 0.15) is 32.6 Å². The highest BCUT2D eigenvalue weighted by Gasteiger charge is 2.20. The minimum absolute atomic E-state index is 0.596. The zero-order chi connectivity index (χ0) is 10.7. The van der Waals surface area contributed by atoms with Crippen molar-refractivity contribution in [1.29, 1.82) is 0 Å². The molecule has 84 valence electrons. The first-order chi connectivity index (χ1) is 7.25. The minimum atomic E-state index is 0.596. The summed E-state index contributed by atoms with van der Waals surface area (Å²) >= 11 is 7.36. The van der Waals surface area contributed by atoms with Gasteiger partial charge in [-0.05, 0) is 18.3 Å². The molecule has 0 spiro atoms. The van der Waals surface area contributed by atoms with Gasteiger partial charge in [0, 0.05) is 11.9 Å². The van der Waals surface area contributed by atoms with Crippen LogP contribution in [0.15, 0.2) is 5.38 Å². The van der Waals surface area contributed by atoms with E-state index in [9.17, 15) is 0 Å². The van der Waals surface area contributed by atoms with Crippen LogP contribution in [0.2, 0.25) is 5.15 Å².